The van der Waals surface area contributed by atoms with Crippen molar-refractivity contribution in [1.82, 2.24) is 4.90 Å². The van der Waals surface area contributed by atoms with Crippen LogP contribution in [-0.4, -0.2) is 30.4 Å². The van der Waals surface area contributed by atoms with Crippen LogP contribution >= 0.6 is 0 Å². The number of nitrogens with zero attached hydrogens (tertiary/aromatic N) is 1. The molecule has 2 aromatic carbocycles. The van der Waals surface area contributed by atoms with Crippen LogP contribution in [-0.2, 0) is 9.59 Å². The molecule has 0 aliphatic carbocycles. The largest absolute Gasteiger partial charge is 0.495 e. The second-order valence-corrected chi connectivity index (χ2v) is 7.99. The maximum atomic E-state index is 13.2. The van der Waals surface area contributed by atoms with Gasteiger partial charge in [0.1, 0.15) is 11.4 Å². The molecule has 5 heteroatoms. The first-order chi connectivity index (χ1) is 13.7. The molecule has 0 bridgehead atoms. The predicted octanol–water partition coefficient (Wildman–Crippen LogP) is 4.47. The zero-order chi connectivity index (χ0) is 21.3. The van der Waals surface area contributed by atoms with Crippen LogP contribution in [0.5, 0.6) is 5.75 Å². The van der Waals surface area contributed by atoms with E-state index < -0.39 is 0 Å². The molecule has 0 atom stereocenters. The first kappa shape index (κ1) is 20.6. The van der Waals surface area contributed by atoms with Gasteiger partial charge in [-0.15, -0.1) is 0 Å². The van der Waals surface area contributed by atoms with Crippen molar-refractivity contribution in [3.8, 4) is 5.75 Å². The number of nitrogens with one attached hydrogen (secondary N) is 1. The van der Waals surface area contributed by atoms with Crippen LogP contribution in [0.15, 0.2) is 42.1 Å². The van der Waals surface area contributed by atoms with Crippen LogP contribution in [0.4, 0.5) is 5.69 Å². The van der Waals surface area contributed by atoms with Crippen LogP contribution < -0.4 is 10.1 Å². The normalized spacial score (nSPS) is 14.2. The third-order valence-electron chi connectivity index (χ3n) is 5.13. The number of anilines is 1. The zero-order valence-electron chi connectivity index (χ0n) is 17.9. The maximum absolute atomic E-state index is 13.2. The minimum atomic E-state index is -0.305. The number of amides is 2. The summed E-state index contributed by atoms with van der Waals surface area (Å²) in [5, 5.41) is 3.21. The van der Waals surface area contributed by atoms with Crippen LogP contribution in [0.3, 0.4) is 0 Å². The van der Waals surface area contributed by atoms with Gasteiger partial charge in [-0.25, -0.2) is 0 Å². The number of ether oxygens (including phenoxy) is 1. The third kappa shape index (κ3) is 4.04. The van der Waals surface area contributed by atoms with E-state index in [-0.39, 0.29) is 17.7 Å². The highest BCUT2D eigenvalue weighted by Crippen LogP contribution is 2.34. The fourth-order valence-corrected chi connectivity index (χ4v) is 3.44. The van der Waals surface area contributed by atoms with Crippen molar-refractivity contribution in [3.05, 3.63) is 64.3 Å². The smallest absolute Gasteiger partial charge is 0.278 e. The van der Waals surface area contributed by atoms with E-state index in [9.17, 15) is 9.59 Å². The first-order valence-corrected chi connectivity index (χ1v) is 9.82. The van der Waals surface area contributed by atoms with Crippen molar-refractivity contribution in [3.63, 3.8) is 0 Å². The average molecular weight is 392 g/mol. The quantitative estimate of drug-likeness (QED) is 0.737. The summed E-state index contributed by atoms with van der Waals surface area (Å²) in [7, 11) is 1.58. The molecular formula is C24H28N2O3. The van der Waals surface area contributed by atoms with Crippen molar-refractivity contribution < 1.29 is 14.3 Å². The Morgan fingerprint density at radius 2 is 1.69 bits per heavy atom. The Kier molecular flexibility index (Phi) is 5.78. The van der Waals surface area contributed by atoms with E-state index in [0.717, 1.165) is 22.3 Å². The fraction of sp³-hybridized carbons (Fsp3) is 0.333. The summed E-state index contributed by atoms with van der Waals surface area (Å²) in [4.78, 5) is 27.8. The number of imide groups is 1. The van der Waals surface area contributed by atoms with Gasteiger partial charge in [0.25, 0.3) is 11.8 Å². The predicted molar refractivity (Wildman–Crippen MR) is 116 cm³/mol. The number of hydrogen-bond donors (Lipinski definition) is 1. The number of carbonyl (C=O) groups excluding carboxylic acids is 2. The molecule has 0 unspecified atom stereocenters. The standard InChI is InChI=1S/C24H28N2O3/c1-14(2)13-26-23(27)21(18-9-8-16(4)17(5)12-18)22(24(26)28)25-19-11-15(3)7-10-20(19)29-6/h7-12,14,25H,13H2,1-6H3. The maximum Gasteiger partial charge on any atom is 0.278 e. The number of carbonyl (C=O) groups is 2. The summed E-state index contributed by atoms with van der Waals surface area (Å²) in [6, 6.07) is 11.5. The second kappa shape index (κ2) is 8.11. The molecule has 2 amide bonds. The van der Waals surface area contributed by atoms with Crippen LogP contribution in [0.25, 0.3) is 5.57 Å². The molecule has 0 spiro atoms. The van der Waals surface area contributed by atoms with Crippen molar-refractivity contribution >= 4 is 23.1 Å². The Morgan fingerprint density at radius 3 is 2.31 bits per heavy atom. The Bertz CT molecular complexity index is 1010. The van der Waals surface area contributed by atoms with Gasteiger partial charge in [0.15, 0.2) is 0 Å². The van der Waals surface area contributed by atoms with Gasteiger partial charge in [-0.3, -0.25) is 14.5 Å². The molecule has 0 radical (unpaired) electrons. The number of hydrogen-bond acceptors (Lipinski definition) is 4. The van der Waals surface area contributed by atoms with Crippen molar-refractivity contribution in [2.75, 3.05) is 19.0 Å². The van der Waals surface area contributed by atoms with E-state index in [2.05, 4.69) is 5.32 Å². The number of rotatable bonds is 6. The van der Waals surface area contributed by atoms with Gasteiger partial charge in [0, 0.05) is 6.54 Å². The van der Waals surface area contributed by atoms with Gasteiger partial charge < -0.3 is 10.1 Å². The van der Waals surface area contributed by atoms with Crippen LogP contribution in [0.2, 0.25) is 0 Å². The molecule has 3 rings (SSSR count). The molecule has 152 valence electrons. The van der Waals surface area contributed by atoms with Crippen molar-refractivity contribution in [2.24, 2.45) is 5.92 Å². The minimum absolute atomic E-state index is 0.178. The van der Waals surface area contributed by atoms with E-state index in [1.807, 2.05) is 71.0 Å². The molecule has 1 heterocycles. The molecule has 5 nitrogen and oxygen atoms in total. The van der Waals surface area contributed by atoms with Crippen molar-refractivity contribution in [1.29, 1.82) is 0 Å². The summed E-state index contributed by atoms with van der Waals surface area (Å²) < 4.78 is 5.44. The van der Waals surface area contributed by atoms with Gasteiger partial charge in [-0.1, -0.05) is 38.1 Å². The molecule has 1 aliphatic rings. The summed E-state index contributed by atoms with van der Waals surface area (Å²) in [6.45, 7) is 10.4. The summed E-state index contributed by atoms with van der Waals surface area (Å²) in [6.07, 6.45) is 0. The number of aryl methyl sites for hydroxylation is 3. The van der Waals surface area contributed by atoms with E-state index in [1.54, 1.807) is 7.11 Å². The van der Waals surface area contributed by atoms with E-state index in [1.165, 1.54) is 4.90 Å². The SMILES string of the molecule is COc1ccc(C)cc1NC1=C(c2ccc(C)c(C)c2)C(=O)N(CC(C)C)C1=O. The lowest BCUT2D eigenvalue weighted by Gasteiger charge is -2.18. The number of methoxy groups -OCH3 is 1. The highest BCUT2D eigenvalue weighted by Gasteiger charge is 2.39. The van der Waals surface area contributed by atoms with Gasteiger partial charge >= 0.3 is 0 Å². The Balaban J connectivity index is 2.14. The highest BCUT2D eigenvalue weighted by atomic mass is 16.5. The minimum Gasteiger partial charge on any atom is -0.495 e. The molecular weight excluding hydrogens is 364 g/mol. The molecule has 29 heavy (non-hydrogen) atoms. The molecule has 1 N–H and O–H groups in total. The Labute approximate surface area is 172 Å². The van der Waals surface area contributed by atoms with Gasteiger partial charge in [0.2, 0.25) is 0 Å². The van der Waals surface area contributed by atoms with Gasteiger partial charge in [0.05, 0.1) is 18.4 Å². The fourth-order valence-electron chi connectivity index (χ4n) is 3.44. The first-order valence-electron chi connectivity index (χ1n) is 9.82. The van der Waals surface area contributed by atoms with E-state index >= 15 is 0 Å². The van der Waals surface area contributed by atoms with Crippen molar-refractivity contribution in [2.45, 2.75) is 34.6 Å². The summed E-state index contributed by atoms with van der Waals surface area (Å²) >= 11 is 0. The molecule has 0 aromatic heterocycles. The Hall–Kier alpha value is -3.08. The molecule has 0 saturated heterocycles. The third-order valence-corrected chi connectivity index (χ3v) is 5.13. The highest BCUT2D eigenvalue weighted by molar-refractivity contribution is 6.36. The van der Waals surface area contributed by atoms with E-state index in [0.29, 0.717) is 29.3 Å². The Morgan fingerprint density at radius 1 is 0.966 bits per heavy atom. The topological polar surface area (TPSA) is 58.6 Å². The molecule has 0 saturated carbocycles. The molecule has 1 aliphatic heterocycles. The summed E-state index contributed by atoms with van der Waals surface area (Å²) in [5.74, 6) is 0.225. The second-order valence-electron chi connectivity index (χ2n) is 7.99. The molecule has 2 aromatic rings. The van der Waals surface area contributed by atoms with E-state index in [4.69, 9.17) is 4.74 Å². The lowest BCUT2D eigenvalue weighted by molar-refractivity contribution is -0.137. The molecule has 0 fully saturated rings. The van der Waals surface area contributed by atoms with Gasteiger partial charge in [-0.2, -0.15) is 0 Å². The lowest BCUT2D eigenvalue weighted by atomic mass is 9.99. The summed E-state index contributed by atoms with van der Waals surface area (Å²) in [5.41, 5.74) is 5.34. The zero-order valence-corrected chi connectivity index (χ0v) is 17.9. The monoisotopic (exact) mass is 392 g/mol. The number of benzene rings is 2. The van der Waals surface area contributed by atoms with Gasteiger partial charge in [-0.05, 0) is 61.1 Å². The van der Waals surface area contributed by atoms with Crippen LogP contribution in [0, 0.1) is 26.7 Å². The average Bonchev–Trinajstić information content (AvgIpc) is 2.88. The van der Waals surface area contributed by atoms with Crippen LogP contribution in [0.1, 0.15) is 36.1 Å². The lowest BCUT2D eigenvalue weighted by Crippen LogP contribution is -2.35.